The Balaban J connectivity index is 1.45. The number of benzene rings is 1. The van der Waals surface area contributed by atoms with Gasteiger partial charge in [0.1, 0.15) is 11.9 Å². The van der Waals surface area contributed by atoms with Gasteiger partial charge in [-0.2, -0.15) is 13.2 Å². The predicted molar refractivity (Wildman–Crippen MR) is 91.1 cm³/mol. The first-order valence-electron chi connectivity index (χ1n) is 8.97. The standard InChI is InChI=1S/C18H24F3N3O2/c1-2-6-22-7-9-23(10-8-22)17(25)24-12-16(13-24)26-15-5-3-4-14(11-15)18(19,20)21/h3-5,11,16H,2,6-10,12-13H2,1H3. The number of alkyl halides is 3. The molecule has 8 heteroatoms. The van der Waals surface area contributed by atoms with E-state index < -0.39 is 11.7 Å². The van der Waals surface area contributed by atoms with Gasteiger partial charge in [-0.3, -0.25) is 4.90 Å². The monoisotopic (exact) mass is 371 g/mol. The Morgan fingerprint density at radius 1 is 1.15 bits per heavy atom. The molecule has 3 rings (SSSR count). The lowest BCUT2D eigenvalue weighted by molar-refractivity contribution is -0.137. The van der Waals surface area contributed by atoms with E-state index in [4.69, 9.17) is 4.74 Å². The average molecular weight is 371 g/mol. The van der Waals surface area contributed by atoms with Gasteiger partial charge in [-0.15, -0.1) is 0 Å². The smallest absolute Gasteiger partial charge is 0.416 e. The van der Waals surface area contributed by atoms with Crippen LogP contribution in [0.4, 0.5) is 18.0 Å². The highest BCUT2D eigenvalue weighted by atomic mass is 19.4. The van der Waals surface area contributed by atoms with E-state index in [2.05, 4.69) is 11.8 Å². The molecule has 26 heavy (non-hydrogen) atoms. The maximum absolute atomic E-state index is 12.7. The molecule has 2 fully saturated rings. The van der Waals surface area contributed by atoms with Crippen LogP contribution in [-0.2, 0) is 6.18 Å². The minimum absolute atomic E-state index is 0.00922. The van der Waals surface area contributed by atoms with Crippen molar-refractivity contribution in [2.45, 2.75) is 25.6 Å². The van der Waals surface area contributed by atoms with Crippen LogP contribution in [0.3, 0.4) is 0 Å². The summed E-state index contributed by atoms with van der Waals surface area (Å²) in [4.78, 5) is 18.3. The van der Waals surface area contributed by atoms with Crippen LogP contribution >= 0.6 is 0 Å². The lowest BCUT2D eigenvalue weighted by atomic mass is 10.1. The third kappa shape index (κ3) is 4.41. The van der Waals surface area contributed by atoms with E-state index in [1.807, 2.05) is 4.90 Å². The SMILES string of the molecule is CCCN1CCN(C(=O)N2CC(Oc3cccc(C(F)(F)F)c3)C2)CC1. The maximum atomic E-state index is 12.7. The number of rotatable bonds is 4. The molecule has 0 unspecified atom stereocenters. The average Bonchev–Trinajstić information content (AvgIpc) is 2.58. The minimum atomic E-state index is -4.39. The van der Waals surface area contributed by atoms with Gasteiger partial charge in [0.15, 0.2) is 0 Å². The second kappa shape index (κ2) is 7.73. The number of piperazine rings is 1. The van der Waals surface area contributed by atoms with Gasteiger partial charge in [-0.25, -0.2) is 4.79 Å². The molecule has 0 saturated carbocycles. The summed E-state index contributed by atoms with van der Waals surface area (Å²) < 4.78 is 43.8. The number of nitrogens with zero attached hydrogens (tertiary/aromatic N) is 3. The van der Waals surface area contributed by atoms with Crippen molar-refractivity contribution in [3.05, 3.63) is 29.8 Å². The van der Waals surface area contributed by atoms with E-state index in [-0.39, 0.29) is 17.9 Å². The van der Waals surface area contributed by atoms with E-state index in [0.717, 1.165) is 38.2 Å². The quantitative estimate of drug-likeness (QED) is 0.817. The molecule has 2 aliphatic heterocycles. The highest BCUT2D eigenvalue weighted by molar-refractivity contribution is 5.75. The van der Waals surface area contributed by atoms with Crippen LogP contribution in [0.2, 0.25) is 0 Å². The molecule has 2 saturated heterocycles. The van der Waals surface area contributed by atoms with Crippen molar-refractivity contribution in [1.29, 1.82) is 0 Å². The van der Waals surface area contributed by atoms with E-state index in [1.165, 1.54) is 12.1 Å². The molecule has 0 radical (unpaired) electrons. The molecule has 144 valence electrons. The van der Waals surface area contributed by atoms with Gasteiger partial charge in [0.05, 0.1) is 18.7 Å². The van der Waals surface area contributed by atoms with Gasteiger partial charge in [-0.1, -0.05) is 13.0 Å². The topological polar surface area (TPSA) is 36.0 Å². The first-order chi connectivity index (χ1) is 12.4. The first kappa shape index (κ1) is 18.8. The number of likely N-dealkylation sites (tertiary alicyclic amines) is 1. The zero-order valence-electron chi connectivity index (χ0n) is 14.8. The lowest BCUT2D eigenvalue weighted by Crippen LogP contribution is -2.61. The molecule has 2 amide bonds. The van der Waals surface area contributed by atoms with Gasteiger partial charge >= 0.3 is 12.2 Å². The Kier molecular flexibility index (Phi) is 5.60. The van der Waals surface area contributed by atoms with Crippen LogP contribution < -0.4 is 4.74 Å². The van der Waals surface area contributed by atoms with Crippen LogP contribution in [-0.4, -0.2) is 72.6 Å². The molecule has 0 bridgehead atoms. The second-order valence-electron chi connectivity index (χ2n) is 6.78. The Labute approximate surface area is 151 Å². The van der Waals surface area contributed by atoms with Crippen LogP contribution in [0.1, 0.15) is 18.9 Å². The fourth-order valence-electron chi connectivity index (χ4n) is 3.29. The maximum Gasteiger partial charge on any atom is 0.416 e. The highest BCUT2D eigenvalue weighted by Gasteiger charge is 2.36. The van der Waals surface area contributed by atoms with Gasteiger partial charge in [-0.05, 0) is 31.2 Å². The van der Waals surface area contributed by atoms with Gasteiger partial charge in [0.25, 0.3) is 0 Å². The molecule has 2 heterocycles. The summed E-state index contributed by atoms with van der Waals surface area (Å²) >= 11 is 0. The Bertz CT molecular complexity index is 624. The van der Waals surface area contributed by atoms with Gasteiger partial charge in [0, 0.05) is 26.2 Å². The number of amides is 2. The summed E-state index contributed by atoms with van der Waals surface area (Å²) in [5.41, 5.74) is -0.729. The third-order valence-electron chi connectivity index (χ3n) is 4.77. The lowest BCUT2D eigenvalue weighted by Gasteiger charge is -2.43. The van der Waals surface area contributed by atoms with E-state index in [9.17, 15) is 18.0 Å². The van der Waals surface area contributed by atoms with Gasteiger partial charge < -0.3 is 14.5 Å². The normalized spacial score (nSPS) is 19.4. The van der Waals surface area contributed by atoms with Crippen LogP contribution in [0.25, 0.3) is 0 Å². The molecular formula is C18H24F3N3O2. The number of carbonyl (C=O) groups excluding carboxylic acids is 1. The zero-order chi connectivity index (χ0) is 18.7. The van der Waals surface area contributed by atoms with Crippen molar-refractivity contribution in [1.82, 2.24) is 14.7 Å². The molecule has 0 aromatic heterocycles. The molecule has 0 spiro atoms. The minimum Gasteiger partial charge on any atom is -0.487 e. The summed E-state index contributed by atoms with van der Waals surface area (Å²) in [6.07, 6.45) is -3.54. The van der Waals surface area contributed by atoms with Gasteiger partial charge in [0.2, 0.25) is 0 Å². The number of hydrogen-bond donors (Lipinski definition) is 0. The van der Waals surface area contributed by atoms with Crippen molar-refractivity contribution in [2.24, 2.45) is 0 Å². The number of carbonyl (C=O) groups is 1. The van der Waals surface area contributed by atoms with Crippen molar-refractivity contribution >= 4 is 6.03 Å². The fraction of sp³-hybridized carbons (Fsp3) is 0.611. The van der Waals surface area contributed by atoms with Crippen LogP contribution in [0, 0.1) is 0 Å². The van der Waals surface area contributed by atoms with E-state index in [1.54, 1.807) is 4.90 Å². The molecule has 5 nitrogen and oxygen atoms in total. The highest BCUT2D eigenvalue weighted by Crippen LogP contribution is 2.32. The van der Waals surface area contributed by atoms with Crippen molar-refractivity contribution in [3.63, 3.8) is 0 Å². The molecule has 0 aliphatic carbocycles. The summed E-state index contributed by atoms with van der Waals surface area (Å²) in [6, 6.07) is 4.84. The summed E-state index contributed by atoms with van der Waals surface area (Å²) in [7, 11) is 0. The second-order valence-corrected chi connectivity index (χ2v) is 6.78. The zero-order valence-corrected chi connectivity index (χ0v) is 14.8. The third-order valence-corrected chi connectivity index (χ3v) is 4.77. The van der Waals surface area contributed by atoms with Crippen LogP contribution in [0.15, 0.2) is 24.3 Å². The number of halogens is 3. The van der Waals surface area contributed by atoms with E-state index >= 15 is 0 Å². The molecule has 1 aromatic rings. The number of urea groups is 1. The van der Waals surface area contributed by atoms with Crippen LogP contribution in [0.5, 0.6) is 5.75 Å². The summed E-state index contributed by atoms with van der Waals surface area (Å²) in [5, 5.41) is 0. The summed E-state index contributed by atoms with van der Waals surface area (Å²) in [5.74, 6) is 0.185. The molecule has 1 aromatic carbocycles. The molecule has 2 aliphatic rings. The Hall–Kier alpha value is -1.96. The Morgan fingerprint density at radius 2 is 1.85 bits per heavy atom. The first-order valence-corrected chi connectivity index (χ1v) is 8.97. The number of ether oxygens (including phenoxy) is 1. The number of hydrogen-bond acceptors (Lipinski definition) is 3. The van der Waals surface area contributed by atoms with Crippen molar-refractivity contribution in [2.75, 3.05) is 45.8 Å². The van der Waals surface area contributed by atoms with E-state index in [0.29, 0.717) is 26.2 Å². The van der Waals surface area contributed by atoms with Crippen molar-refractivity contribution < 1.29 is 22.7 Å². The molecule has 0 N–H and O–H groups in total. The predicted octanol–water partition coefficient (Wildman–Crippen LogP) is 2.92. The fourth-order valence-corrected chi connectivity index (χ4v) is 3.29. The van der Waals surface area contributed by atoms with Crippen molar-refractivity contribution in [3.8, 4) is 5.75 Å². The Morgan fingerprint density at radius 3 is 2.46 bits per heavy atom. The molecule has 0 atom stereocenters. The summed E-state index contributed by atoms with van der Waals surface area (Å²) in [6.45, 7) is 7.22. The largest absolute Gasteiger partial charge is 0.487 e. The molecular weight excluding hydrogens is 347 g/mol.